The largest absolute Gasteiger partial charge is 0.476 e. The molecule has 21 heavy (non-hydrogen) atoms. The van der Waals surface area contributed by atoms with Crippen molar-refractivity contribution in [1.82, 2.24) is 20.3 Å². The highest BCUT2D eigenvalue weighted by atomic mass is 19.1. The lowest BCUT2D eigenvalue weighted by atomic mass is 10.2. The van der Waals surface area contributed by atoms with E-state index in [1.165, 1.54) is 0 Å². The summed E-state index contributed by atoms with van der Waals surface area (Å²) in [4.78, 5) is 22.2. The second-order valence-electron chi connectivity index (χ2n) is 4.12. The van der Waals surface area contributed by atoms with Crippen LogP contribution in [0.3, 0.4) is 0 Å². The normalized spacial score (nSPS) is 10.4. The molecule has 110 valence electrons. The van der Waals surface area contributed by atoms with E-state index in [2.05, 4.69) is 15.6 Å². The number of carboxylic acids is 1. The summed E-state index contributed by atoms with van der Waals surface area (Å²) in [5, 5.41) is 17.8. The number of halogens is 2. The highest BCUT2D eigenvalue weighted by Crippen LogP contribution is 2.09. The molecule has 0 aliphatic heterocycles. The van der Waals surface area contributed by atoms with Gasteiger partial charge in [0, 0.05) is 12.1 Å². The molecule has 0 radical (unpaired) electrons. The van der Waals surface area contributed by atoms with Gasteiger partial charge < -0.3 is 10.4 Å². The van der Waals surface area contributed by atoms with E-state index in [0.717, 1.165) is 29.1 Å². The molecule has 0 spiro atoms. The number of nitrogens with zero attached hydrogens (tertiary/aromatic N) is 3. The second kappa shape index (κ2) is 6.07. The first kappa shape index (κ1) is 14.6. The summed E-state index contributed by atoms with van der Waals surface area (Å²) in [6.45, 7) is -0.472. The minimum Gasteiger partial charge on any atom is -0.476 e. The first-order valence-corrected chi connectivity index (χ1v) is 5.80. The first-order valence-electron chi connectivity index (χ1n) is 5.80. The molecule has 0 unspecified atom stereocenters. The van der Waals surface area contributed by atoms with Crippen LogP contribution in [0.2, 0.25) is 0 Å². The number of aromatic nitrogens is 3. The van der Waals surface area contributed by atoms with Crippen molar-refractivity contribution in [3.63, 3.8) is 0 Å². The molecule has 0 saturated heterocycles. The number of rotatable bonds is 5. The average molecular weight is 296 g/mol. The van der Waals surface area contributed by atoms with Gasteiger partial charge in [0.25, 0.3) is 0 Å². The molecule has 2 aromatic rings. The SMILES string of the molecule is O=C(Cn1cc(C(=O)O)nn1)NCc1cc(F)ccc1F. The smallest absolute Gasteiger partial charge is 0.358 e. The summed E-state index contributed by atoms with van der Waals surface area (Å²) < 4.78 is 27.3. The molecule has 1 amide bonds. The third kappa shape index (κ3) is 3.81. The van der Waals surface area contributed by atoms with E-state index < -0.39 is 23.5 Å². The molecule has 0 saturated carbocycles. The summed E-state index contributed by atoms with van der Waals surface area (Å²) >= 11 is 0. The van der Waals surface area contributed by atoms with Crippen molar-refractivity contribution in [2.45, 2.75) is 13.1 Å². The summed E-state index contributed by atoms with van der Waals surface area (Å²) in [5.41, 5.74) is -0.285. The molecule has 2 N–H and O–H groups in total. The van der Waals surface area contributed by atoms with Crippen LogP contribution < -0.4 is 5.32 Å². The summed E-state index contributed by atoms with van der Waals surface area (Å²) in [6.07, 6.45) is 1.09. The molecule has 0 bridgehead atoms. The van der Waals surface area contributed by atoms with Gasteiger partial charge in [0.15, 0.2) is 5.69 Å². The molecule has 1 heterocycles. The van der Waals surface area contributed by atoms with E-state index in [0.29, 0.717) is 0 Å². The van der Waals surface area contributed by atoms with Gasteiger partial charge in [-0.2, -0.15) is 0 Å². The van der Waals surface area contributed by atoms with Crippen molar-refractivity contribution >= 4 is 11.9 Å². The zero-order chi connectivity index (χ0) is 15.4. The fourth-order valence-corrected chi connectivity index (χ4v) is 1.55. The van der Waals surface area contributed by atoms with Crippen LogP contribution in [0, 0.1) is 11.6 Å². The van der Waals surface area contributed by atoms with Crippen LogP contribution in [0.1, 0.15) is 16.1 Å². The molecule has 1 aromatic heterocycles. The Morgan fingerprint density at radius 1 is 1.33 bits per heavy atom. The number of benzene rings is 1. The molecule has 0 atom stereocenters. The third-order valence-corrected chi connectivity index (χ3v) is 2.55. The van der Waals surface area contributed by atoms with Gasteiger partial charge in [-0.3, -0.25) is 4.79 Å². The van der Waals surface area contributed by atoms with E-state index in [-0.39, 0.29) is 24.3 Å². The third-order valence-electron chi connectivity index (χ3n) is 2.55. The van der Waals surface area contributed by atoms with Gasteiger partial charge in [0.2, 0.25) is 5.91 Å². The summed E-state index contributed by atoms with van der Waals surface area (Å²) in [6, 6.07) is 2.92. The van der Waals surface area contributed by atoms with Gasteiger partial charge >= 0.3 is 5.97 Å². The number of nitrogens with one attached hydrogen (secondary N) is 1. The van der Waals surface area contributed by atoms with Crippen LogP contribution in [0.25, 0.3) is 0 Å². The molecule has 7 nitrogen and oxygen atoms in total. The van der Waals surface area contributed by atoms with Gasteiger partial charge in [-0.15, -0.1) is 5.10 Å². The quantitative estimate of drug-likeness (QED) is 0.840. The minimum absolute atomic E-state index is 0.00756. The van der Waals surface area contributed by atoms with Crippen molar-refractivity contribution < 1.29 is 23.5 Å². The lowest BCUT2D eigenvalue weighted by Gasteiger charge is -2.06. The molecule has 0 aliphatic rings. The van der Waals surface area contributed by atoms with E-state index >= 15 is 0 Å². The van der Waals surface area contributed by atoms with Crippen LogP contribution in [0.5, 0.6) is 0 Å². The first-order chi connectivity index (χ1) is 9.95. The van der Waals surface area contributed by atoms with Crippen molar-refractivity contribution in [2.75, 3.05) is 0 Å². The number of carboxylic acid groups (broad SMARTS) is 1. The predicted octanol–water partition coefficient (Wildman–Crippen LogP) is 0.571. The molecule has 2 rings (SSSR count). The number of carbonyl (C=O) groups excluding carboxylic acids is 1. The summed E-state index contributed by atoms with van der Waals surface area (Å²) in [7, 11) is 0. The molecular formula is C12H10F2N4O3. The van der Waals surface area contributed by atoms with E-state index in [4.69, 9.17) is 5.11 Å². The van der Waals surface area contributed by atoms with Crippen LogP contribution in [0.15, 0.2) is 24.4 Å². The van der Waals surface area contributed by atoms with Crippen molar-refractivity contribution in [3.05, 3.63) is 47.3 Å². The standard InChI is InChI=1S/C12H10F2N4O3/c13-8-1-2-9(14)7(3-8)4-15-11(19)6-18-5-10(12(20)21)16-17-18/h1-3,5H,4,6H2,(H,15,19)(H,20,21). The van der Waals surface area contributed by atoms with Gasteiger partial charge in [0.1, 0.15) is 18.2 Å². The number of aromatic carboxylic acids is 1. The lowest BCUT2D eigenvalue weighted by Crippen LogP contribution is -2.27. The fraction of sp³-hybridized carbons (Fsp3) is 0.167. The predicted molar refractivity (Wildman–Crippen MR) is 65.2 cm³/mol. The molecular weight excluding hydrogens is 286 g/mol. The number of hydrogen-bond donors (Lipinski definition) is 2. The average Bonchev–Trinajstić information content (AvgIpc) is 2.88. The molecule has 0 fully saturated rings. The van der Waals surface area contributed by atoms with Crippen LogP contribution in [0.4, 0.5) is 8.78 Å². The number of hydrogen-bond acceptors (Lipinski definition) is 4. The minimum atomic E-state index is -1.26. The topological polar surface area (TPSA) is 97.1 Å². The van der Waals surface area contributed by atoms with Gasteiger partial charge in [0.05, 0.1) is 6.20 Å². The molecule has 9 heteroatoms. The second-order valence-corrected chi connectivity index (χ2v) is 4.12. The summed E-state index contributed by atoms with van der Waals surface area (Å²) in [5.74, 6) is -3.04. The zero-order valence-electron chi connectivity index (χ0n) is 10.6. The number of amides is 1. The van der Waals surface area contributed by atoms with Gasteiger partial charge in [-0.05, 0) is 18.2 Å². The van der Waals surface area contributed by atoms with E-state index in [9.17, 15) is 18.4 Å². The van der Waals surface area contributed by atoms with Crippen LogP contribution in [-0.2, 0) is 17.9 Å². The zero-order valence-corrected chi connectivity index (χ0v) is 10.6. The Morgan fingerprint density at radius 3 is 2.76 bits per heavy atom. The maximum absolute atomic E-state index is 13.3. The Kier molecular flexibility index (Phi) is 4.21. The Bertz CT molecular complexity index is 687. The maximum atomic E-state index is 13.3. The number of carbonyl (C=O) groups is 2. The van der Waals surface area contributed by atoms with Crippen LogP contribution in [-0.4, -0.2) is 32.0 Å². The Balaban J connectivity index is 1.92. The van der Waals surface area contributed by atoms with Crippen molar-refractivity contribution in [1.29, 1.82) is 0 Å². The fourth-order valence-electron chi connectivity index (χ4n) is 1.55. The highest BCUT2D eigenvalue weighted by molar-refractivity contribution is 5.84. The molecule has 1 aromatic carbocycles. The highest BCUT2D eigenvalue weighted by Gasteiger charge is 2.11. The van der Waals surface area contributed by atoms with Gasteiger partial charge in [-0.25, -0.2) is 18.3 Å². The van der Waals surface area contributed by atoms with Crippen LogP contribution >= 0.6 is 0 Å². The maximum Gasteiger partial charge on any atom is 0.358 e. The van der Waals surface area contributed by atoms with Gasteiger partial charge in [-0.1, -0.05) is 5.21 Å². The monoisotopic (exact) mass is 296 g/mol. The Morgan fingerprint density at radius 2 is 2.10 bits per heavy atom. The van der Waals surface area contributed by atoms with E-state index in [1.807, 2.05) is 0 Å². The Hall–Kier alpha value is -2.84. The van der Waals surface area contributed by atoms with Crippen molar-refractivity contribution in [2.24, 2.45) is 0 Å². The lowest BCUT2D eigenvalue weighted by molar-refractivity contribution is -0.122. The van der Waals surface area contributed by atoms with Crippen molar-refractivity contribution in [3.8, 4) is 0 Å². The molecule has 0 aliphatic carbocycles. The Labute approximate surface area is 117 Å². The van der Waals surface area contributed by atoms with E-state index in [1.54, 1.807) is 0 Å².